The van der Waals surface area contributed by atoms with Crippen molar-refractivity contribution >= 4 is 47.2 Å². The Balaban J connectivity index is 0.00000243. The van der Waals surface area contributed by atoms with Crippen LogP contribution in [0.4, 0.5) is 5.69 Å². The van der Waals surface area contributed by atoms with Gasteiger partial charge in [-0.15, -0.1) is 24.0 Å². The molecular formula is C18H25ClIN5O. The van der Waals surface area contributed by atoms with Crippen LogP contribution in [0.5, 0.6) is 0 Å². The molecule has 1 aromatic heterocycles. The Kier molecular flexibility index (Phi) is 7.57. The van der Waals surface area contributed by atoms with E-state index in [1.165, 1.54) is 0 Å². The average Bonchev–Trinajstić information content (AvgIpc) is 3.19. The van der Waals surface area contributed by atoms with Crippen LogP contribution < -0.4 is 15.5 Å². The van der Waals surface area contributed by atoms with E-state index in [-0.39, 0.29) is 24.0 Å². The predicted molar refractivity (Wildman–Crippen MR) is 117 cm³/mol. The van der Waals surface area contributed by atoms with Crippen LogP contribution in [0.15, 0.2) is 33.8 Å². The molecule has 1 unspecified atom stereocenters. The molecule has 1 atom stereocenters. The van der Waals surface area contributed by atoms with E-state index in [9.17, 15) is 0 Å². The molecule has 6 nitrogen and oxygen atoms in total. The van der Waals surface area contributed by atoms with Crippen molar-refractivity contribution in [3.8, 4) is 0 Å². The summed E-state index contributed by atoms with van der Waals surface area (Å²) in [6.45, 7) is 6.44. The van der Waals surface area contributed by atoms with Gasteiger partial charge in [0.05, 0.1) is 5.69 Å². The number of rotatable bonds is 4. The first-order chi connectivity index (χ1) is 12.1. The maximum Gasteiger partial charge on any atom is 0.191 e. The first-order valence-corrected chi connectivity index (χ1v) is 8.84. The number of hydrogen-bond donors (Lipinski definition) is 2. The number of benzene rings is 1. The second-order valence-corrected chi connectivity index (χ2v) is 6.72. The van der Waals surface area contributed by atoms with Gasteiger partial charge in [0.25, 0.3) is 0 Å². The molecule has 2 aromatic rings. The second-order valence-electron chi connectivity index (χ2n) is 6.28. The highest BCUT2D eigenvalue weighted by molar-refractivity contribution is 14.0. The summed E-state index contributed by atoms with van der Waals surface area (Å²) in [7, 11) is 1.78. The summed E-state index contributed by atoms with van der Waals surface area (Å²) in [5.74, 6) is 1.63. The number of guanidine groups is 1. The van der Waals surface area contributed by atoms with Gasteiger partial charge in [-0.2, -0.15) is 0 Å². The molecule has 8 heteroatoms. The van der Waals surface area contributed by atoms with Gasteiger partial charge in [-0.1, -0.05) is 22.8 Å². The molecular weight excluding hydrogens is 465 g/mol. The zero-order chi connectivity index (χ0) is 17.8. The van der Waals surface area contributed by atoms with E-state index >= 15 is 0 Å². The Morgan fingerprint density at radius 2 is 2.23 bits per heavy atom. The topological polar surface area (TPSA) is 65.7 Å². The van der Waals surface area contributed by atoms with Crippen LogP contribution in [0.2, 0.25) is 5.02 Å². The van der Waals surface area contributed by atoms with Gasteiger partial charge in [-0.05, 0) is 38.5 Å². The van der Waals surface area contributed by atoms with E-state index in [0.29, 0.717) is 12.6 Å². The van der Waals surface area contributed by atoms with Crippen LogP contribution in [0, 0.1) is 13.8 Å². The van der Waals surface area contributed by atoms with E-state index in [1.807, 2.05) is 32.0 Å². The molecule has 0 saturated carbocycles. The summed E-state index contributed by atoms with van der Waals surface area (Å²) in [4.78, 5) is 6.66. The summed E-state index contributed by atoms with van der Waals surface area (Å²) in [5.41, 5.74) is 3.15. The largest absolute Gasteiger partial charge is 0.369 e. The van der Waals surface area contributed by atoms with Gasteiger partial charge in [0, 0.05) is 49.0 Å². The third-order valence-corrected chi connectivity index (χ3v) is 4.77. The van der Waals surface area contributed by atoms with Gasteiger partial charge < -0.3 is 20.1 Å². The van der Waals surface area contributed by atoms with Crippen molar-refractivity contribution in [2.24, 2.45) is 4.99 Å². The summed E-state index contributed by atoms with van der Waals surface area (Å²) < 4.78 is 5.20. The van der Waals surface area contributed by atoms with Gasteiger partial charge in [0.1, 0.15) is 5.76 Å². The maximum absolute atomic E-state index is 6.10. The first kappa shape index (κ1) is 20.8. The number of halogens is 2. The molecule has 0 amide bonds. The van der Waals surface area contributed by atoms with E-state index in [1.54, 1.807) is 7.05 Å². The molecule has 2 N–H and O–H groups in total. The normalized spacial score (nSPS) is 17.2. The summed E-state index contributed by atoms with van der Waals surface area (Å²) >= 11 is 6.10. The molecule has 142 valence electrons. The molecule has 0 spiro atoms. The smallest absolute Gasteiger partial charge is 0.191 e. The number of aromatic nitrogens is 1. The van der Waals surface area contributed by atoms with Crippen LogP contribution in [-0.4, -0.2) is 37.3 Å². The lowest BCUT2D eigenvalue weighted by Gasteiger charge is -2.20. The first-order valence-electron chi connectivity index (χ1n) is 8.46. The molecule has 0 aliphatic carbocycles. The standard InChI is InChI=1S/C18H24ClN5O.HI/c1-12-17(13(2)25-23-12)10-21-18(20-3)22-15-7-8-24(11-15)16-6-4-5-14(19)9-16;/h4-6,9,15H,7-8,10-11H2,1-3H3,(H2,20,21,22);1H. The number of nitrogens with one attached hydrogen (secondary N) is 2. The number of aliphatic imine (C=N–C) groups is 1. The summed E-state index contributed by atoms with van der Waals surface area (Å²) in [6, 6.07) is 8.34. The lowest BCUT2D eigenvalue weighted by Crippen LogP contribution is -2.44. The van der Waals surface area contributed by atoms with Crippen LogP contribution in [0.25, 0.3) is 0 Å². The Morgan fingerprint density at radius 1 is 1.42 bits per heavy atom. The quantitative estimate of drug-likeness (QED) is 0.391. The predicted octanol–water partition coefficient (Wildman–Crippen LogP) is 3.51. The van der Waals surface area contributed by atoms with Crippen molar-refractivity contribution < 1.29 is 4.52 Å². The monoisotopic (exact) mass is 489 g/mol. The Morgan fingerprint density at radius 3 is 2.88 bits per heavy atom. The number of hydrogen-bond acceptors (Lipinski definition) is 4. The minimum atomic E-state index is 0. The van der Waals surface area contributed by atoms with E-state index in [0.717, 1.165) is 53.2 Å². The van der Waals surface area contributed by atoms with Crippen molar-refractivity contribution in [1.82, 2.24) is 15.8 Å². The molecule has 26 heavy (non-hydrogen) atoms. The van der Waals surface area contributed by atoms with Crippen LogP contribution >= 0.6 is 35.6 Å². The molecule has 0 radical (unpaired) electrons. The van der Waals surface area contributed by atoms with Crippen molar-refractivity contribution in [1.29, 1.82) is 0 Å². The lowest BCUT2D eigenvalue weighted by molar-refractivity contribution is 0.392. The number of nitrogens with zero attached hydrogens (tertiary/aromatic N) is 3. The van der Waals surface area contributed by atoms with Crippen LogP contribution in [0.3, 0.4) is 0 Å². The van der Waals surface area contributed by atoms with Crippen molar-refractivity contribution in [3.05, 3.63) is 46.3 Å². The molecule has 1 aliphatic rings. The Bertz CT molecular complexity index is 744. The van der Waals surface area contributed by atoms with Gasteiger partial charge in [0.15, 0.2) is 5.96 Å². The Labute approximate surface area is 176 Å². The minimum absolute atomic E-state index is 0. The molecule has 0 bridgehead atoms. The van der Waals surface area contributed by atoms with Crippen LogP contribution in [0.1, 0.15) is 23.4 Å². The fraction of sp³-hybridized carbons (Fsp3) is 0.444. The molecule has 1 saturated heterocycles. The highest BCUT2D eigenvalue weighted by Gasteiger charge is 2.23. The van der Waals surface area contributed by atoms with Crippen molar-refractivity contribution in [2.45, 2.75) is 32.9 Å². The average molecular weight is 490 g/mol. The van der Waals surface area contributed by atoms with Crippen LogP contribution in [-0.2, 0) is 6.54 Å². The summed E-state index contributed by atoms with van der Waals surface area (Å²) in [6.07, 6.45) is 1.05. The van der Waals surface area contributed by atoms with Gasteiger partial charge in [-0.3, -0.25) is 4.99 Å². The summed E-state index contributed by atoms with van der Waals surface area (Å²) in [5, 5.41) is 11.6. The zero-order valence-corrected chi connectivity index (χ0v) is 18.3. The molecule has 1 fully saturated rings. The van der Waals surface area contributed by atoms with Crippen molar-refractivity contribution in [3.63, 3.8) is 0 Å². The highest BCUT2D eigenvalue weighted by Crippen LogP contribution is 2.23. The molecule has 3 rings (SSSR count). The molecule has 1 aromatic carbocycles. The second kappa shape index (κ2) is 9.45. The van der Waals surface area contributed by atoms with E-state index in [2.05, 4.69) is 31.7 Å². The maximum atomic E-state index is 6.10. The van der Waals surface area contributed by atoms with Crippen molar-refractivity contribution in [2.75, 3.05) is 25.0 Å². The molecule has 2 heterocycles. The lowest BCUT2D eigenvalue weighted by atomic mass is 10.2. The Hall–Kier alpha value is -1.48. The molecule has 1 aliphatic heterocycles. The highest BCUT2D eigenvalue weighted by atomic mass is 127. The fourth-order valence-electron chi connectivity index (χ4n) is 3.10. The fourth-order valence-corrected chi connectivity index (χ4v) is 3.28. The SMILES string of the molecule is CN=C(NCc1c(C)noc1C)NC1CCN(c2cccc(Cl)c2)C1.I. The number of aryl methyl sites for hydroxylation is 2. The van der Waals surface area contributed by atoms with E-state index in [4.69, 9.17) is 16.1 Å². The number of anilines is 1. The third-order valence-electron chi connectivity index (χ3n) is 4.54. The van der Waals surface area contributed by atoms with Gasteiger partial charge >= 0.3 is 0 Å². The third kappa shape index (κ3) is 5.03. The van der Waals surface area contributed by atoms with Gasteiger partial charge in [0.2, 0.25) is 0 Å². The zero-order valence-electron chi connectivity index (χ0n) is 15.3. The minimum Gasteiger partial charge on any atom is -0.369 e. The van der Waals surface area contributed by atoms with E-state index < -0.39 is 0 Å². The van der Waals surface area contributed by atoms with Gasteiger partial charge in [-0.25, -0.2) is 0 Å².